The Morgan fingerprint density at radius 2 is 1.00 bits per heavy atom. The van der Waals surface area contributed by atoms with Gasteiger partial charge in [0.15, 0.2) is 0 Å². The zero-order valence-electron chi connectivity index (χ0n) is 6.38. The van der Waals surface area contributed by atoms with Crippen LogP contribution in [0.15, 0.2) is 0 Å². The molecule has 0 aliphatic rings. The molecule has 0 rings (SSSR count). The Balaban J connectivity index is -0.000000180. The summed E-state index contributed by atoms with van der Waals surface area (Å²) in [5, 5.41) is 0. The second-order valence-electron chi connectivity index (χ2n) is 1.81. The average molecular weight is 173 g/mol. The summed E-state index contributed by atoms with van der Waals surface area (Å²) in [4.78, 5) is 1.68. The summed E-state index contributed by atoms with van der Waals surface area (Å²) in [6.45, 7) is 10.5. The molecule has 0 aliphatic carbocycles. The highest BCUT2D eigenvalue weighted by atomic mass is 35.5. The highest BCUT2D eigenvalue weighted by molar-refractivity contribution is 4.11. The summed E-state index contributed by atoms with van der Waals surface area (Å²) in [6, 6.07) is 0. The molecule has 0 saturated heterocycles. The van der Waals surface area contributed by atoms with E-state index >= 15 is 0 Å². The van der Waals surface area contributed by atoms with Gasteiger partial charge in [-0.25, -0.2) is 0 Å². The quantitative estimate of drug-likeness (QED) is 0.433. The fraction of sp³-hybridized carbons (Fsp3) is 1.00. The Labute approximate surface area is 70.6 Å². The van der Waals surface area contributed by atoms with Gasteiger partial charge >= 0.3 is 0 Å². The van der Waals surface area contributed by atoms with Crippen LogP contribution in [0.4, 0.5) is 0 Å². The molecule has 3 heteroatoms. The van der Waals surface area contributed by atoms with E-state index in [1.54, 1.807) is 4.90 Å². The summed E-state index contributed by atoms with van der Waals surface area (Å²) in [6.07, 6.45) is 0. The lowest BCUT2D eigenvalue weighted by atomic mass is 10.5. The normalized spacial score (nSPS) is 8.00. The summed E-state index contributed by atoms with van der Waals surface area (Å²) < 4.78 is 0. The minimum atomic E-state index is 0. The summed E-state index contributed by atoms with van der Waals surface area (Å²) in [5.74, 6) is 0. The number of nitrogens with one attached hydrogen (secondary N) is 1. The van der Waals surface area contributed by atoms with Crippen LogP contribution in [0, 0.1) is 0 Å². The molecular formula is C6H16Cl2N-. The lowest BCUT2D eigenvalue weighted by Gasteiger charge is -2.10. The highest BCUT2D eigenvalue weighted by Crippen LogP contribution is 1.45. The van der Waals surface area contributed by atoms with Crippen molar-refractivity contribution < 1.29 is 29.7 Å². The number of hydrogen-bond donors (Lipinski definition) is 1. The van der Waals surface area contributed by atoms with Crippen molar-refractivity contribution in [1.82, 2.24) is 0 Å². The van der Waals surface area contributed by atoms with Crippen LogP contribution in [-0.4, -0.2) is 19.6 Å². The maximum atomic E-state index is 2.22. The van der Waals surface area contributed by atoms with Gasteiger partial charge in [0, 0.05) is 0 Å². The lowest BCUT2D eigenvalue weighted by molar-refractivity contribution is -0.894. The molecule has 1 N–H and O–H groups in total. The molecule has 0 saturated carbocycles. The van der Waals surface area contributed by atoms with Gasteiger partial charge in [-0.1, -0.05) is 0 Å². The van der Waals surface area contributed by atoms with Crippen LogP contribution in [-0.2, 0) is 0 Å². The van der Waals surface area contributed by atoms with E-state index in [-0.39, 0.29) is 24.8 Å². The fourth-order valence-corrected chi connectivity index (χ4v) is 0.750. The zero-order chi connectivity index (χ0) is 5.70. The van der Waals surface area contributed by atoms with E-state index in [0.717, 1.165) is 0 Å². The van der Waals surface area contributed by atoms with Crippen molar-refractivity contribution in [3.8, 4) is 0 Å². The second-order valence-corrected chi connectivity index (χ2v) is 1.81. The van der Waals surface area contributed by atoms with Crippen molar-refractivity contribution in [2.24, 2.45) is 0 Å². The molecule has 9 heavy (non-hydrogen) atoms. The van der Waals surface area contributed by atoms with E-state index in [9.17, 15) is 0 Å². The maximum Gasteiger partial charge on any atom is 0.0742 e. The molecule has 0 aromatic heterocycles. The third kappa shape index (κ3) is 8.54. The Bertz CT molecular complexity index is 32.5. The highest BCUT2D eigenvalue weighted by Gasteiger charge is 1.92. The molecule has 0 atom stereocenters. The maximum absolute atomic E-state index is 2.22. The average Bonchev–Trinajstić information content (AvgIpc) is 1.72. The number of rotatable bonds is 3. The molecule has 0 unspecified atom stereocenters. The molecule has 0 radical (unpaired) electrons. The molecule has 0 spiro atoms. The molecular weight excluding hydrogens is 157 g/mol. The van der Waals surface area contributed by atoms with Crippen LogP contribution in [0.2, 0.25) is 0 Å². The molecule has 0 aromatic rings. The van der Waals surface area contributed by atoms with Crippen molar-refractivity contribution in [3.63, 3.8) is 0 Å². The van der Waals surface area contributed by atoms with E-state index in [1.165, 1.54) is 19.6 Å². The van der Waals surface area contributed by atoms with Crippen molar-refractivity contribution in [2.75, 3.05) is 19.6 Å². The zero-order valence-corrected chi connectivity index (χ0v) is 7.89. The summed E-state index contributed by atoms with van der Waals surface area (Å²) in [5.41, 5.74) is 0. The van der Waals surface area contributed by atoms with Gasteiger partial charge in [0.05, 0.1) is 19.6 Å². The smallest absolute Gasteiger partial charge is 0.0742 e. The largest absolute Gasteiger partial charge is 1.00 e. The van der Waals surface area contributed by atoms with Gasteiger partial charge in [-0.05, 0) is 20.8 Å². The van der Waals surface area contributed by atoms with Crippen LogP contribution in [0.5, 0.6) is 0 Å². The molecule has 0 amide bonds. The Morgan fingerprint density at radius 1 is 0.778 bits per heavy atom. The van der Waals surface area contributed by atoms with Gasteiger partial charge in [0.25, 0.3) is 0 Å². The van der Waals surface area contributed by atoms with E-state index in [1.807, 2.05) is 0 Å². The van der Waals surface area contributed by atoms with Gasteiger partial charge < -0.3 is 29.7 Å². The SMILES string of the molecule is CC[NH+](CC)CC.[Cl-].[Cl-]. The summed E-state index contributed by atoms with van der Waals surface area (Å²) >= 11 is 0. The minimum absolute atomic E-state index is 0. The van der Waals surface area contributed by atoms with Gasteiger partial charge in [-0.15, -0.1) is 0 Å². The van der Waals surface area contributed by atoms with E-state index in [0.29, 0.717) is 0 Å². The van der Waals surface area contributed by atoms with E-state index in [2.05, 4.69) is 20.8 Å². The predicted molar refractivity (Wildman–Crippen MR) is 32.6 cm³/mol. The van der Waals surface area contributed by atoms with Crippen LogP contribution < -0.4 is 29.7 Å². The fourth-order valence-electron chi connectivity index (χ4n) is 0.750. The molecule has 0 aliphatic heterocycles. The third-order valence-corrected chi connectivity index (χ3v) is 1.50. The van der Waals surface area contributed by atoms with E-state index < -0.39 is 0 Å². The topological polar surface area (TPSA) is 4.44 Å². The van der Waals surface area contributed by atoms with Crippen molar-refractivity contribution in [1.29, 1.82) is 0 Å². The number of halogens is 2. The first-order valence-corrected chi connectivity index (χ1v) is 3.18. The van der Waals surface area contributed by atoms with Crippen LogP contribution in [0.25, 0.3) is 0 Å². The monoisotopic (exact) mass is 172 g/mol. The molecule has 0 fully saturated rings. The first-order valence-electron chi connectivity index (χ1n) is 3.18. The molecule has 60 valence electrons. The third-order valence-electron chi connectivity index (χ3n) is 1.50. The second kappa shape index (κ2) is 11.4. The van der Waals surface area contributed by atoms with Crippen molar-refractivity contribution >= 4 is 0 Å². The Kier molecular flexibility index (Phi) is 20.5. The lowest BCUT2D eigenvalue weighted by Crippen LogP contribution is -3.11. The van der Waals surface area contributed by atoms with Gasteiger partial charge in [-0.3, -0.25) is 0 Å². The van der Waals surface area contributed by atoms with E-state index in [4.69, 9.17) is 0 Å². The molecule has 0 bridgehead atoms. The van der Waals surface area contributed by atoms with Gasteiger partial charge in [0.1, 0.15) is 0 Å². The van der Waals surface area contributed by atoms with Crippen LogP contribution in [0.1, 0.15) is 20.8 Å². The first kappa shape index (κ1) is 16.3. The Morgan fingerprint density at radius 3 is 1.00 bits per heavy atom. The number of hydrogen-bond acceptors (Lipinski definition) is 0. The van der Waals surface area contributed by atoms with Crippen LogP contribution in [0.3, 0.4) is 0 Å². The van der Waals surface area contributed by atoms with Crippen LogP contribution >= 0.6 is 0 Å². The van der Waals surface area contributed by atoms with Crippen molar-refractivity contribution in [2.45, 2.75) is 20.8 Å². The number of quaternary nitrogens is 1. The summed E-state index contributed by atoms with van der Waals surface area (Å²) in [7, 11) is 0. The van der Waals surface area contributed by atoms with Gasteiger partial charge in [-0.2, -0.15) is 0 Å². The molecule has 0 aromatic carbocycles. The molecule has 0 heterocycles. The first-order chi connectivity index (χ1) is 3.35. The van der Waals surface area contributed by atoms with Gasteiger partial charge in [0.2, 0.25) is 0 Å². The standard InChI is InChI=1S/C6H15N.2ClH/c1-4-7(5-2)6-3;;/h4-6H2,1-3H3;2*1H/p-1. The van der Waals surface area contributed by atoms with Crippen molar-refractivity contribution in [3.05, 3.63) is 0 Å². The molecule has 1 nitrogen and oxygen atoms in total. The predicted octanol–water partition coefficient (Wildman–Crippen LogP) is -6.06. The minimum Gasteiger partial charge on any atom is -1.00 e. The Hall–Kier alpha value is 0.540.